The maximum absolute atomic E-state index is 10.7. The summed E-state index contributed by atoms with van der Waals surface area (Å²) >= 11 is 0. The average molecular weight is 272 g/mol. The number of para-hydroxylation sites is 1. The first-order valence-corrected chi connectivity index (χ1v) is 6.33. The first-order chi connectivity index (χ1) is 9.49. The van der Waals surface area contributed by atoms with Crippen molar-refractivity contribution in [2.24, 2.45) is 0 Å². The lowest BCUT2D eigenvalue weighted by Gasteiger charge is -2.10. The maximum Gasteiger partial charge on any atom is 0.303 e. The van der Waals surface area contributed by atoms with Gasteiger partial charge in [-0.1, -0.05) is 12.1 Å². The molecule has 1 heterocycles. The van der Waals surface area contributed by atoms with Crippen LogP contribution in [0, 0.1) is 13.8 Å². The molecule has 0 aliphatic heterocycles. The third-order valence-corrected chi connectivity index (χ3v) is 3.15. The van der Waals surface area contributed by atoms with Crippen LogP contribution in [0.2, 0.25) is 0 Å². The van der Waals surface area contributed by atoms with Gasteiger partial charge in [0.2, 0.25) is 0 Å². The first-order valence-electron chi connectivity index (χ1n) is 6.33. The summed E-state index contributed by atoms with van der Waals surface area (Å²) in [4.78, 5) is 19.4. The predicted octanol–water partition coefficient (Wildman–Crippen LogP) is 2.48. The number of nitrogens with zero attached hydrogens (tertiary/aromatic N) is 2. The van der Waals surface area contributed by atoms with Gasteiger partial charge in [0.25, 0.3) is 0 Å². The van der Waals surface area contributed by atoms with Crippen molar-refractivity contribution in [3.63, 3.8) is 0 Å². The molecular weight excluding hydrogens is 256 g/mol. The highest BCUT2D eigenvalue weighted by molar-refractivity contribution is 5.67. The molecule has 0 bridgehead atoms. The number of phenolic OH excluding ortho intramolecular Hbond substituents is 1. The molecule has 0 saturated heterocycles. The van der Waals surface area contributed by atoms with Crippen molar-refractivity contribution in [3.8, 4) is 17.1 Å². The number of carbonyl (C=O) groups is 1. The maximum atomic E-state index is 10.7. The number of hydrogen-bond donors (Lipinski definition) is 2. The minimum absolute atomic E-state index is 0.0565. The minimum Gasteiger partial charge on any atom is -0.507 e. The van der Waals surface area contributed by atoms with Gasteiger partial charge < -0.3 is 10.2 Å². The lowest BCUT2D eigenvalue weighted by Crippen LogP contribution is -2.06. The van der Waals surface area contributed by atoms with Crippen LogP contribution in [0.4, 0.5) is 0 Å². The number of aliphatic carboxylic acids is 1. The summed E-state index contributed by atoms with van der Waals surface area (Å²) in [5.41, 5.74) is 2.92. The molecule has 0 aliphatic carbocycles. The fraction of sp³-hybridized carbons (Fsp3) is 0.267. The summed E-state index contributed by atoms with van der Waals surface area (Å²) in [6.45, 7) is 3.66. The van der Waals surface area contributed by atoms with Crippen LogP contribution >= 0.6 is 0 Å². The predicted molar refractivity (Wildman–Crippen MR) is 74.6 cm³/mol. The minimum atomic E-state index is -0.839. The normalized spacial score (nSPS) is 10.5. The third kappa shape index (κ3) is 2.93. The number of aromatic hydroxyl groups is 1. The first kappa shape index (κ1) is 14.0. The quantitative estimate of drug-likeness (QED) is 0.893. The van der Waals surface area contributed by atoms with Crippen LogP contribution in [0.15, 0.2) is 24.3 Å². The highest BCUT2D eigenvalue weighted by Gasteiger charge is 2.13. The van der Waals surface area contributed by atoms with Gasteiger partial charge in [-0.3, -0.25) is 4.79 Å². The van der Waals surface area contributed by atoms with Crippen molar-refractivity contribution >= 4 is 5.97 Å². The van der Waals surface area contributed by atoms with E-state index in [0.29, 0.717) is 17.8 Å². The van der Waals surface area contributed by atoms with Gasteiger partial charge in [-0.05, 0) is 38.0 Å². The molecule has 0 unspecified atom stereocenters. The van der Waals surface area contributed by atoms with Gasteiger partial charge in [0, 0.05) is 17.8 Å². The van der Waals surface area contributed by atoms with E-state index >= 15 is 0 Å². The molecule has 1 aromatic carbocycles. The Balaban J connectivity index is 2.40. The van der Waals surface area contributed by atoms with Crippen molar-refractivity contribution in [1.82, 2.24) is 9.97 Å². The van der Waals surface area contributed by atoms with E-state index in [9.17, 15) is 9.90 Å². The summed E-state index contributed by atoms with van der Waals surface area (Å²) < 4.78 is 0. The van der Waals surface area contributed by atoms with Gasteiger partial charge in [0.1, 0.15) is 5.75 Å². The zero-order valence-corrected chi connectivity index (χ0v) is 11.4. The van der Waals surface area contributed by atoms with E-state index in [1.807, 2.05) is 13.8 Å². The van der Waals surface area contributed by atoms with Crippen LogP contribution < -0.4 is 0 Å². The number of hydrogen-bond acceptors (Lipinski definition) is 4. The Hall–Kier alpha value is -2.43. The molecule has 2 aromatic rings. The fourth-order valence-corrected chi connectivity index (χ4v) is 2.12. The molecule has 0 radical (unpaired) electrons. The molecule has 2 rings (SSSR count). The molecule has 0 amide bonds. The number of benzene rings is 1. The Labute approximate surface area is 117 Å². The second-order valence-corrected chi connectivity index (χ2v) is 4.61. The molecule has 0 aliphatic rings. The molecule has 0 atom stereocenters. The Morgan fingerprint density at radius 1 is 1.15 bits per heavy atom. The number of carboxylic acid groups (broad SMARTS) is 1. The van der Waals surface area contributed by atoms with Gasteiger partial charge in [-0.2, -0.15) is 0 Å². The molecule has 20 heavy (non-hydrogen) atoms. The zero-order chi connectivity index (χ0) is 14.7. The van der Waals surface area contributed by atoms with Gasteiger partial charge in [0.15, 0.2) is 5.82 Å². The molecule has 0 fully saturated rings. The number of rotatable bonds is 4. The number of phenols is 1. The average Bonchev–Trinajstić information content (AvgIpc) is 2.37. The van der Waals surface area contributed by atoms with Crippen LogP contribution in [0.5, 0.6) is 5.75 Å². The van der Waals surface area contributed by atoms with E-state index in [1.165, 1.54) is 0 Å². The van der Waals surface area contributed by atoms with E-state index in [2.05, 4.69) is 9.97 Å². The SMILES string of the molecule is Cc1nc(-c2ccccc2O)nc(C)c1CCC(=O)O. The molecule has 104 valence electrons. The van der Waals surface area contributed by atoms with Crippen molar-refractivity contribution in [2.45, 2.75) is 26.7 Å². The standard InChI is InChI=1S/C15H16N2O3/c1-9-11(7-8-14(19)20)10(2)17-15(16-9)12-5-3-4-6-13(12)18/h3-6,18H,7-8H2,1-2H3,(H,19,20). The highest BCUT2D eigenvalue weighted by Crippen LogP contribution is 2.27. The number of carboxylic acids is 1. The second-order valence-electron chi connectivity index (χ2n) is 4.61. The van der Waals surface area contributed by atoms with Crippen molar-refractivity contribution in [1.29, 1.82) is 0 Å². The van der Waals surface area contributed by atoms with Crippen LogP contribution in [0.1, 0.15) is 23.4 Å². The van der Waals surface area contributed by atoms with E-state index in [1.54, 1.807) is 24.3 Å². The highest BCUT2D eigenvalue weighted by atomic mass is 16.4. The van der Waals surface area contributed by atoms with Gasteiger partial charge in [-0.25, -0.2) is 9.97 Å². The summed E-state index contributed by atoms with van der Waals surface area (Å²) in [7, 11) is 0. The summed E-state index contributed by atoms with van der Waals surface area (Å²) in [5, 5.41) is 18.6. The van der Waals surface area contributed by atoms with Crippen molar-refractivity contribution in [3.05, 3.63) is 41.2 Å². The number of aromatic nitrogens is 2. The molecule has 5 heteroatoms. The largest absolute Gasteiger partial charge is 0.507 e. The summed E-state index contributed by atoms with van der Waals surface area (Å²) in [6, 6.07) is 6.88. The smallest absolute Gasteiger partial charge is 0.303 e. The van der Waals surface area contributed by atoms with Crippen molar-refractivity contribution in [2.75, 3.05) is 0 Å². The van der Waals surface area contributed by atoms with Gasteiger partial charge in [-0.15, -0.1) is 0 Å². The Bertz CT molecular complexity index is 630. The van der Waals surface area contributed by atoms with Crippen LogP contribution in [-0.2, 0) is 11.2 Å². The fourth-order valence-electron chi connectivity index (χ4n) is 2.12. The Morgan fingerprint density at radius 3 is 2.30 bits per heavy atom. The van der Waals surface area contributed by atoms with E-state index < -0.39 is 5.97 Å². The molecule has 5 nitrogen and oxygen atoms in total. The second kappa shape index (κ2) is 5.69. The van der Waals surface area contributed by atoms with Crippen LogP contribution in [-0.4, -0.2) is 26.2 Å². The van der Waals surface area contributed by atoms with E-state index in [0.717, 1.165) is 17.0 Å². The Morgan fingerprint density at radius 2 is 1.75 bits per heavy atom. The van der Waals surface area contributed by atoms with E-state index in [4.69, 9.17) is 5.11 Å². The third-order valence-electron chi connectivity index (χ3n) is 3.15. The monoisotopic (exact) mass is 272 g/mol. The van der Waals surface area contributed by atoms with Crippen LogP contribution in [0.3, 0.4) is 0 Å². The van der Waals surface area contributed by atoms with Gasteiger partial charge in [0.05, 0.1) is 5.56 Å². The lowest BCUT2D eigenvalue weighted by atomic mass is 10.1. The van der Waals surface area contributed by atoms with Gasteiger partial charge >= 0.3 is 5.97 Å². The topological polar surface area (TPSA) is 83.3 Å². The molecule has 1 aromatic heterocycles. The molecule has 2 N–H and O–H groups in total. The summed E-state index contributed by atoms with van der Waals surface area (Å²) in [5.74, 6) is -0.254. The van der Waals surface area contributed by atoms with Crippen molar-refractivity contribution < 1.29 is 15.0 Å². The molecule has 0 spiro atoms. The zero-order valence-electron chi connectivity index (χ0n) is 11.4. The lowest BCUT2D eigenvalue weighted by molar-refractivity contribution is -0.136. The number of aryl methyl sites for hydroxylation is 2. The Kier molecular flexibility index (Phi) is 3.98. The molecule has 0 saturated carbocycles. The van der Waals surface area contributed by atoms with Crippen LogP contribution in [0.25, 0.3) is 11.4 Å². The summed E-state index contributed by atoms with van der Waals surface area (Å²) in [6.07, 6.45) is 0.467. The molecular formula is C15H16N2O3. The van der Waals surface area contributed by atoms with E-state index in [-0.39, 0.29) is 12.2 Å².